The predicted molar refractivity (Wildman–Crippen MR) is 76.4 cm³/mol. The molecular weight excluding hydrogens is 292 g/mol. The molecule has 0 radical (unpaired) electrons. The number of aliphatic hydroxyl groups excluding tert-OH is 1. The lowest BCUT2D eigenvalue weighted by Gasteiger charge is -2.11. The number of rotatable bonds is 4. The lowest BCUT2D eigenvalue weighted by atomic mass is 10.1. The second-order valence-corrected chi connectivity index (χ2v) is 5.15. The van der Waals surface area contributed by atoms with Crippen molar-refractivity contribution in [1.82, 2.24) is 9.78 Å². The summed E-state index contributed by atoms with van der Waals surface area (Å²) in [7, 11) is 0. The van der Waals surface area contributed by atoms with Crippen molar-refractivity contribution in [2.45, 2.75) is 32.9 Å². The second-order valence-electron chi connectivity index (χ2n) is 4.36. The number of hydrogen-bond acceptors (Lipinski definition) is 2. The van der Waals surface area contributed by atoms with Gasteiger partial charge in [-0.1, -0.05) is 37.3 Å². The van der Waals surface area contributed by atoms with Gasteiger partial charge >= 0.3 is 0 Å². The Balaban J connectivity index is 2.45. The maximum Gasteiger partial charge on any atom is 0.0828 e. The summed E-state index contributed by atoms with van der Waals surface area (Å²) in [5.41, 5.74) is 3.08. The van der Waals surface area contributed by atoms with Gasteiger partial charge in [-0.3, -0.25) is 4.68 Å². The third-order valence-corrected chi connectivity index (χ3v) is 3.91. The van der Waals surface area contributed by atoms with Crippen LogP contribution in [0.2, 0.25) is 0 Å². The number of aromatic nitrogens is 2. The number of benzene rings is 1. The number of aryl methyl sites for hydroxylation is 1. The molecule has 18 heavy (non-hydrogen) atoms. The molecule has 0 aliphatic carbocycles. The molecule has 0 aliphatic heterocycles. The van der Waals surface area contributed by atoms with Crippen molar-refractivity contribution in [1.29, 1.82) is 0 Å². The van der Waals surface area contributed by atoms with Crippen LogP contribution >= 0.6 is 15.9 Å². The fourth-order valence-electron chi connectivity index (χ4n) is 1.89. The van der Waals surface area contributed by atoms with Crippen molar-refractivity contribution in [3.63, 3.8) is 0 Å². The molecule has 3 nitrogen and oxygen atoms in total. The minimum Gasteiger partial charge on any atom is -0.391 e. The fraction of sp³-hybridized carbons (Fsp3) is 0.357. The minimum absolute atomic E-state index is 0.362. The molecule has 0 amide bonds. The first-order valence-corrected chi connectivity index (χ1v) is 6.89. The molecule has 0 spiro atoms. The van der Waals surface area contributed by atoms with Gasteiger partial charge in [0.05, 0.1) is 28.5 Å². The van der Waals surface area contributed by atoms with E-state index in [4.69, 9.17) is 0 Å². The van der Waals surface area contributed by atoms with Crippen molar-refractivity contribution in [3.05, 3.63) is 40.5 Å². The summed E-state index contributed by atoms with van der Waals surface area (Å²) >= 11 is 3.58. The van der Waals surface area contributed by atoms with E-state index in [2.05, 4.69) is 33.2 Å². The third-order valence-electron chi connectivity index (χ3n) is 2.96. The highest BCUT2D eigenvalue weighted by molar-refractivity contribution is 9.10. The maximum absolute atomic E-state index is 9.81. The number of aliphatic hydroxyl groups is 1. The highest BCUT2D eigenvalue weighted by Gasteiger charge is 2.16. The summed E-state index contributed by atoms with van der Waals surface area (Å²) in [6, 6.07) is 10.1. The van der Waals surface area contributed by atoms with E-state index in [9.17, 15) is 5.11 Å². The maximum atomic E-state index is 9.81. The average molecular weight is 309 g/mol. The number of halogens is 1. The molecule has 0 fully saturated rings. The van der Waals surface area contributed by atoms with Crippen molar-refractivity contribution >= 4 is 15.9 Å². The van der Waals surface area contributed by atoms with Crippen molar-refractivity contribution < 1.29 is 5.11 Å². The molecule has 1 N–H and O–H groups in total. The zero-order valence-electron chi connectivity index (χ0n) is 10.6. The minimum atomic E-state index is -0.362. The van der Waals surface area contributed by atoms with E-state index in [1.165, 1.54) is 0 Å². The van der Waals surface area contributed by atoms with E-state index in [0.717, 1.165) is 27.8 Å². The van der Waals surface area contributed by atoms with Crippen LogP contribution < -0.4 is 0 Å². The molecule has 2 rings (SSSR count). The molecule has 96 valence electrons. The van der Waals surface area contributed by atoms with Crippen molar-refractivity contribution in [2.75, 3.05) is 0 Å². The summed E-state index contributed by atoms with van der Waals surface area (Å²) < 4.78 is 2.88. The van der Waals surface area contributed by atoms with Crippen LogP contribution in [0.3, 0.4) is 0 Å². The lowest BCUT2D eigenvalue weighted by molar-refractivity contribution is 0.146. The van der Waals surface area contributed by atoms with Crippen LogP contribution in [0.5, 0.6) is 0 Å². The predicted octanol–water partition coefficient (Wildman–Crippen LogP) is 3.39. The zero-order chi connectivity index (χ0) is 13.1. The first-order chi connectivity index (χ1) is 8.63. The molecule has 0 saturated heterocycles. The Hall–Kier alpha value is -1.13. The van der Waals surface area contributed by atoms with Crippen LogP contribution in [0.4, 0.5) is 0 Å². The number of hydrogen-bond donors (Lipinski definition) is 1. The Bertz CT molecular complexity index is 522. The van der Waals surface area contributed by atoms with Crippen LogP contribution in [0.25, 0.3) is 11.3 Å². The normalized spacial score (nSPS) is 12.7. The number of nitrogens with zero attached hydrogens (tertiary/aromatic N) is 2. The van der Waals surface area contributed by atoms with Crippen LogP contribution in [-0.4, -0.2) is 21.0 Å². The average Bonchev–Trinajstić information content (AvgIpc) is 2.66. The van der Waals surface area contributed by atoms with E-state index in [-0.39, 0.29) is 6.10 Å². The molecule has 2 aromatic rings. The summed E-state index contributed by atoms with van der Waals surface area (Å²) in [6.07, 6.45) is 0.365. The van der Waals surface area contributed by atoms with Crippen LogP contribution in [-0.2, 0) is 6.54 Å². The van der Waals surface area contributed by atoms with Crippen LogP contribution in [0.15, 0.2) is 34.8 Å². The molecule has 1 atom stereocenters. The highest BCUT2D eigenvalue weighted by atomic mass is 79.9. The van der Waals surface area contributed by atoms with E-state index in [1.54, 1.807) is 0 Å². The first-order valence-electron chi connectivity index (χ1n) is 6.09. The quantitative estimate of drug-likeness (QED) is 0.940. The summed E-state index contributed by atoms with van der Waals surface area (Å²) in [5, 5.41) is 14.3. The first kappa shape index (κ1) is 13.3. The van der Waals surface area contributed by atoms with Gasteiger partial charge in [0.1, 0.15) is 0 Å². The molecular formula is C14H17BrN2O. The van der Waals surface area contributed by atoms with Gasteiger partial charge in [-0.25, -0.2) is 0 Å². The van der Waals surface area contributed by atoms with Crippen molar-refractivity contribution in [2.24, 2.45) is 0 Å². The third kappa shape index (κ3) is 2.65. The van der Waals surface area contributed by atoms with Gasteiger partial charge < -0.3 is 5.11 Å². The molecule has 0 saturated carbocycles. The Morgan fingerprint density at radius 3 is 2.61 bits per heavy atom. The zero-order valence-corrected chi connectivity index (χ0v) is 12.2. The topological polar surface area (TPSA) is 38.0 Å². The molecule has 4 heteroatoms. The highest BCUT2D eigenvalue weighted by Crippen LogP contribution is 2.31. The Labute approximate surface area is 116 Å². The molecule has 0 bridgehead atoms. The van der Waals surface area contributed by atoms with E-state index < -0.39 is 0 Å². The summed E-state index contributed by atoms with van der Waals surface area (Å²) in [4.78, 5) is 0. The van der Waals surface area contributed by atoms with Gasteiger partial charge in [-0.2, -0.15) is 5.10 Å². The SMILES string of the molecule is CCC(O)Cn1nc(C)c(Br)c1-c1ccccc1. The van der Waals surface area contributed by atoms with Crippen molar-refractivity contribution in [3.8, 4) is 11.3 Å². The molecule has 1 aromatic carbocycles. The Morgan fingerprint density at radius 1 is 1.33 bits per heavy atom. The van der Waals surface area contributed by atoms with Gasteiger partial charge in [0.25, 0.3) is 0 Å². The van der Waals surface area contributed by atoms with Gasteiger partial charge in [-0.15, -0.1) is 0 Å². The van der Waals surface area contributed by atoms with E-state index in [1.807, 2.05) is 36.7 Å². The smallest absolute Gasteiger partial charge is 0.0828 e. The van der Waals surface area contributed by atoms with Gasteiger partial charge in [-0.05, 0) is 29.3 Å². The molecule has 0 aliphatic rings. The Kier molecular flexibility index (Phi) is 4.19. The molecule has 1 heterocycles. The summed E-state index contributed by atoms with van der Waals surface area (Å²) in [6.45, 7) is 4.46. The largest absolute Gasteiger partial charge is 0.391 e. The second kappa shape index (κ2) is 5.67. The lowest BCUT2D eigenvalue weighted by Crippen LogP contribution is -2.16. The fourth-order valence-corrected chi connectivity index (χ4v) is 2.41. The van der Waals surface area contributed by atoms with Crippen LogP contribution in [0.1, 0.15) is 19.0 Å². The monoisotopic (exact) mass is 308 g/mol. The van der Waals surface area contributed by atoms with Gasteiger partial charge in [0, 0.05) is 5.56 Å². The molecule has 1 aromatic heterocycles. The van der Waals surface area contributed by atoms with Gasteiger partial charge in [0.2, 0.25) is 0 Å². The van der Waals surface area contributed by atoms with E-state index in [0.29, 0.717) is 6.54 Å². The van der Waals surface area contributed by atoms with E-state index >= 15 is 0 Å². The van der Waals surface area contributed by atoms with Gasteiger partial charge in [0.15, 0.2) is 0 Å². The van der Waals surface area contributed by atoms with Crippen LogP contribution in [0, 0.1) is 6.92 Å². The molecule has 1 unspecified atom stereocenters. The standard InChI is InChI=1S/C14H17BrN2O/c1-3-12(18)9-17-14(13(15)10(2)16-17)11-7-5-4-6-8-11/h4-8,12,18H,3,9H2,1-2H3. The Morgan fingerprint density at radius 2 is 2.00 bits per heavy atom. The summed E-state index contributed by atoms with van der Waals surface area (Å²) in [5.74, 6) is 0.